The largest absolute Gasteiger partial charge is 0.423 e. The summed E-state index contributed by atoms with van der Waals surface area (Å²) in [6.45, 7) is -1.19. The molecule has 1 saturated carbocycles. The van der Waals surface area contributed by atoms with E-state index in [1.165, 1.54) is 4.98 Å². The van der Waals surface area contributed by atoms with Crippen LogP contribution in [0.4, 0.5) is 17.6 Å². The zero-order valence-corrected chi connectivity index (χ0v) is 10.8. The molecule has 0 spiro atoms. The van der Waals surface area contributed by atoms with Crippen LogP contribution in [0.25, 0.3) is 0 Å². The first-order chi connectivity index (χ1) is 10.0. The first-order valence-electron chi connectivity index (χ1n) is 6.10. The van der Waals surface area contributed by atoms with Crippen LogP contribution in [0.3, 0.4) is 0 Å². The Hall–Kier alpha value is -1.72. The molecule has 1 aromatic rings. The van der Waals surface area contributed by atoms with Crippen LogP contribution in [0.2, 0.25) is 0 Å². The molecule has 7 nitrogen and oxygen atoms in total. The zero-order valence-electron chi connectivity index (χ0n) is 10.8. The number of nitrogens with zero attached hydrogens (tertiary/aromatic N) is 1. The van der Waals surface area contributed by atoms with Gasteiger partial charge in [0, 0.05) is 12.6 Å². The molecule has 0 aliphatic heterocycles. The number of H-pyrrole nitrogens is 1. The number of hydrogen-bond acceptors (Lipinski definition) is 5. The maximum Gasteiger partial charge on any atom is 0.423 e. The third-order valence-electron chi connectivity index (χ3n) is 3.71. The van der Waals surface area contributed by atoms with Gasteiger partial charge in [0.1, 0.15) is 23.4 Å². The fraction of sp³-hybridized carbons (Fsp3) is 0.636. The summed E-state index contributed by atoms with van der Waals surface area (Å²) in [5.41, 5.74) is -7.42. The second kappa shape index (κ2) is 5.18. The molecule has 22 heavy (non-hydrogen) atoms. The minimum Gasteiger partial charge on any atom is -0.393 e. The molecule has 0 aromatic carbocycles. The number of hydrogen-bond donors (Lipinski definition) is 4. The standard InChI is InChI=1S/C11H12F4N2O5/c12-5-1-6(19)10(22,3-18)7(5)17-2-4(11(13,14)15)8(20)16-9(17)21/h2,5-7,18-19,22H,1,3H2,(H,16,20,21). The molecule has 0 radical (unpaired) electrons. The van der Waals surface area contributed by atoms with Crippen molar-refractivity contribution < 1.29 is 32.9 Å². The number of nitrogens with one attached hydrogen (secondary N) is 1. The highest BCUT2D eigenvalue weighted by atomic mass is 19.4. The van der Waals surface area contributed by atoms with E-state index >= 15 is 0 Å². The van der Waals surface area contributed by atoms with E-state index in [1.54, 1.807) is 0 Å². The molecule has 124 valence electrons. The lowest BCUT2D eigenvalue weighted by atomic mass is 9.96. The van der Waals surface area contributed by atoms with Crippen LogP contribution in [-0.4, -0.2) is 49.4 Å². The summed E-state index contributed by atoms with van der Waals surface area (Å²) in [4.78, 5) is 24.2. The highest BCUT2D eigenvalue weighted by molar-refractivity contribution is 5.14. The summed E-state index contributed by atoms with van der Waals surface area (Å²) in [5, 5.41) is 28.8. The fourth-order valence-electron chi connectivity index (χ4n) is 2.56. The molecule has 11 heteroatoms. The van der Waals surface area contributed by atoms with E-state index in [0.29, 0.717) is 0 Å². The van der Waals surface area contributed by atoms with Crippen molar-refractivity contribution in [1.82, 2.24) is 9.55 Å². The molecule has 4 unspecified atom stereocenters. The summed E-state index contributed by atoms with van der Waals surface area (Å²) in [7, 11) is 0. The van der Waals surface area contributed by atoms with Crippen molar-refractivity contribution >= 4 is 0 Å². The van der Waals surface area contributed by atoms with E-state index in [4.69, 9.17) is 5.11 Å². The SMILES string of the molecule is O=c1[nH]c(=O)n(C2C(F)CC(O)C2(O)CO)cc1C(F)(F)F. The Morgan fingerprint density at radius 2 is 2.00 bits per heavy atom. The predicted octanol–water partition coefficient (Wildman–Crippen LogP) is -1.08. The maximum atomic E-state index is 14.0. The van der Waals surface area contributed by atoms with Crippen LogP contribution in [0, 0.1) is 0 Å². The van der Waals surface area contributed by atoms with E-state index in [-0.39, 0.29) is 10.8 Å². The van der Waals surface area contributed by atoms with Crippen LogP contribution in [-0.2, 0) is 6.18 Å². The molecule has 1 aromatic heterocycles. The van der Waals surface area contributed by atoms with Gasteiger partial charge in [-0.25, -0.2) is 9.18 Å². The van der Waals surface area contributed by atoms with Crippen LogP contribution in [0.5, 0.6) is 0 Å². The fourth-order valence-corrected chi connectivity index (χ4v) is 2.56. The number of aliphatic hydroxyl groups is 3. The van der Waals surface area contributed by atoms with E-state index in [9.17, 15) is 37.4 Å². The first kappa shape index (κ1) is 16.6. The number of aliphatic hydroxyl groups excluding tert-OH is 2. The van der Waals surface area contributed by atoms with Gasteiger partial charge in [-0.15, -0.1) is 0 Å². The van der Waals surface area contributed by atoms with Crippen molar-refractivity contribution in [3.05, 3.63) is 32.6 Å². The number of aromatic amines is 1. The molecule has 1 fully saturated rings. The summed E-state index contributed by atoms with van der Waals surface area (Å²) in [5.74, 6) is 0. The smallest absolute Gasteiger partial charge is 0.393 e. The molecule has 2 rings (SSSR count). The Balaban J connectivity index is 2.67. The van der Waals surface area contributed by atoms with Crippen molar-refractivity contribution in [2.45, 2.75) is 36.5 Å². The topological polar surface area (TPSA) is 116 Å². The lowest BCUT2D eigenvalue weighted by Gasteiger charge is -2.32. The Kier molecular flexibility index (Phi) is 3.92. The van der Waals surface area contributed by atoms with Gasteiger partial charge in [-0.1, -0.05) is 0 Å². The number of rotatable bonds is 2. The van der Waals surface area contributed by atoms with Gasteiger partial charge in [0.2, 0.25) is 0 Å². The minimum atomic E-state index is -5.11. The molecular formula is C11H12F4N2O5. The highest BCUT2D eigenvalue weighted by Gasteiger charge is 2.56. The molecule has 1 aliphatic carbocycles. The first-order valence-corrected chi connectivity index (χ1v) is 6.10. The van der Waals surface area contributed by atoms with E-state index in [0.717, 1.165) is 0 Å². The third-order valence-corrected chi connectivity index (χ3v) is 3.71. The molecule has 4 N–H and O–H groups in total. The summed E-state index contributed by atoms with van der Waals surface area (Å²) < 4.78 is 52.2. The number of halogens is 4. The monoisotopic (exact) mass is 328 g/mol. The Bertz CT molecular complexity index is 684. The third kappa shape index (κ3) is 2.44. The van der Waals surface area contributed by atoms with Gasteiger partial charge in [0.05, 0.1) is 12.7 Å². The normalized spacial score (nSPS) is 32.4. The zero-order chi connectivity index (χ0) is 16.9. The van der Waals surface area contributed by atoms with Gasteiger partial charge in [-0.05, 0) is 0 Å². The van der Waals surface area contributed by atoms with Gasteiger partial charge in [-0.3, -0.25) is 14.3 Å². The Labute approximate surface area is 119 Å². The van der Waals surface area contributed by atoms with Crippen molar-refractivity contribution in [2.24, 2.45) is 0 Å². The maximum absolute atomic E-state index is 14.0. The minimum absolute atomic E-state index is 0.0666. The van der Waals surface area contributed by atoms with Gasteiger partial charge < -0.3 is 15.3 Å². The van der Waals surface area contributed by atoms with Gasteiger partial charge in [0.25, 0.3) is 5.56 Å². The highest BCUT2D eigenvalue weighted by Crippen LogP contribution is 2.41. The molecule has 0 saturated heterocycles. The van der Waals surface area contributed by atoms with Crippen LogP contribution in [0.15, 0.2) is 15.8 Å². The molecule has 0 bridgehead atoms. The van der Waals surface area contributed by atoms with Crippen molar-refractivity contribution in [1.29, 1.82) is 0 Å². The van der Waals surface area contributed by atoms with Gasteiger partial charge in [0.15, 0.2) is 0 Å². The summed E-state index contributed by atoms with van der Waals surface area (Å²) >= 11 is 0. The van der Waals surface area contributed by atoms with Crippen LogP contribution < -0.4 is 11.2 Å². The second-order valence-corrected chi connectivity index (χ2v) is 5.07. The average molecular weight is 328 g/mol. The Morgan fingerprint density at radius 3 is 2.50 bits per heavy atom. The van der Waals surface area contributed by atoms with Gasteiger partial charge >= 0.3 is 11.9 Å². The quantitative estimate of drug-likeness (QED) is 0.516. The lowest BCUT2D eigenvalue weighted by molar-refractivity contribution is -0.140. The predicted molar refractivity (Wildman–Crippen MR) is 62.9 cm³/mol. The summed E-state index contributed by atoms with van der Waals surface area (Å²) in [6, 6.07) is -1.97. The molecule has 4 atom stereocenters. The van der Waals surface area contributed by atoms with Crippen molar-refractivity contribution in [3.63, 3.8) is 0 Å². The van der Waals surface area contributed by atoms with Crippen LogP contribution >= 0.6 is 0 Å². The lowest BCUT2D eigenvalue weighted by Crippen LogP contribution is -2.51. The van der Waals surface area contributed by atoms with Crippen molar-refractivity contribution in [3.8, 4) is 0 Å². The average Bonchev–Trinajstić information content (AvgIpc) is 2.60. The van der Waals surface area contributed by atoms with E-state index in [2.05, 4.69) is 0 Å². The van der Waals surface area contributed by atoms with Crippen LogP contribution in [0.1, 0.15) is 18.0 Å². The van der Waals surface area contributed by atoms with E-state index < -0.39 is 59.9 Å². The second-order valence-electron chi connectivity index (χ2n) is 5.07. The number of aromatic nitrogens is 2. The molecular weight excluding hydrogens is 316 g/mol. The number of alkyl halides is 4. The molecule has 0 amide bonds. The van der Waals surface area contributed by atoms with Crippen molar-refractivity contribution in [2.75, 3.05) is 6.61 Å². The molecule has 1 aliphatic rings. The van der Waals surface area contributed by atoms with E-state index in [1.807, 2.05) is 0 Å². The van der Waals surface area contributed by atoms with Gasteiger partial charge in [-0.2, -0.15) is 13.2 Å². The summed E-state index contributed by atoms with van der Waals surface area (Å²) in [6.07, 6.45) is -9.61. The Morgan fingerprint density at radius 1 is 1.41 bits per heavy atom. The molecule has 1 heterocycles.